The van der Waals surface area contributed by atoms with Crippen molar-refractivity contribution in [3.05, 3.63) is 34.3 Å². The van der Waals surface area contributed by atoms with Crippen molar-refractivity contribution in [3.63, 3.8) is 0 Å². The van der Waals surface area contributed by atoms with Crippen LogP contribution in [0.25, 0.3) is 0 Å². The SMILES string of the molecule is N#CCCN(CCC#N)C(=O)CCc1cccc(Br)c1. The monoisotopic (exact) mass is 333 g/mol. The predicted molar refractivity (Wildman–Crippen MR) is 79.5 cm³/mol. The molecule has 20 heavy (non-hydrogen) atoms. The van der Waals surface area contributed by atoms with Crippen LogP contribution in [-0.2, 0) is 11.2 Å². The molecular formula is C15H16BrN3O. The van der Waals surface area contributed by atoms with Crippen molar-refractivity contribution in [1.82, 2.24) is 4.90 Å². The first kappa shape index (κ1) is 16.2. The number of carbonyl (C=O) groups is 1. The molecule has 0 unspecified atom stereocenters. The van der Waals surface area contributed by atoms with Crippen molar-refractivity contribution in [2.75, 3.05) is 13.1 Å². The Morgan fingerprint density at radius 1 is 1.20 bits per heavy atom. The van der Waals surface area contributed by atoms with Crippen molar-refractivity contribution in [2.24, 2.45) is 0 Å². The highest BCUT2D eigenvalue weighted by Gasteiger charge is 2.12. The Labute approximate surface area is 127 Å². The van der Waals surface area contributed by atoms with Crippen molar-refractivity contribution in [1.29, 1.82) is 10.5 Å². The maximum absolute atomic E-state index is 12.1. The van der Waals surface area contributed by atoms with E-state index in [1.165, 1.54) is 0 Å². The number of nitrogens with zero attached hydrogens (tertiary/aromatic N) is 3. The topological polar surface area (TPSA) is 67.9 Å². The molecule has 1 rings (SSSR count). The lowest BCUT2D eigenvalue weighted by Gasteiger charge is -2.20. The average Bonchev–Trinajstić information content (AvgIpc) is 2.45. The lowest BCUT2D eigenvalue weighted by Crippen LogP contribution is -2.32. The first-order valence-corrected chi connectivity index (χ1v) is 7.22. The van der Waals surface area contributed by atoms with Gasteiger partial charge >= 0.3 is 0 Å². The molecule has 0 bridgehead atoms. The highest BCUT2D eigenvalue weighted by Crippen LogP contribution is 2.13. The van der Waals surface area contributed by atoms with E-state index in [1.807, 2.05) is 36.4 Å². The van der Waals surface area contributed by atoms with Gasteiger partial charge in [0.25, 0.3) is 0 Å². The quantitative estimate of drug-likeness (QED) is 0.770. The molecule has 0 saturated carbocycles. The summed E-state index contributed by atoms with van der Waals surface area (Å²) in [6, 6.07) is 11.9. The lowest BCUT2D eigenvalue weighted by molar-refractivity contribution is -0.131. The number of aryl methyl sites for hydroxylation is 1. The Kier molecular flexibility index (Phi) is 7.39. The Hall–Kier alpha value is -1.85. The maximum Gasteiger partial charge on any atom is 0.222 e. The Morgan fingerprint density at radius 3 is 2.40 bits per heavy atom. The predicted octanol–water partition coefficient (Wildman–Crippen LogP) is 3.04. The van der Waals surface area contributed by atoms with Gasteiger partial charge in [0.15, 0.2) is 0 Å². The zero-order chi connectivity index (χ0) is 14.8. The standard InChI is InChI=1S/C15H16BrN3O/c16-14-5-1-4-13(12-14)6-7-15(20)19(10-2-8-17)11-3-9-18/h1,4-5,12H,2-3,6-7,10-11H2. The minimum Gasteiger partial charge on any atom is -0.341 e. The van der Waals surface area contributed by atoms with Crippen LogP contribution in [-0.4, -0.2) is 23.9 Å². The summed E-state index contributed by atoms with van der Waals surface area (Å²) >= 11 is 3.40. The number of benzene rings is 1. The van der Waals surface area contributed by atoms with Crippen LogP contribution in [0, 0.1) is 22.7 Å². The van der Waals surface area contributed by atoms with Crippen LogP contribution in [0.3, 0.4) is 0 Å². The molecule has 0 aliphatic carbocycles. The van der Waals surface area contributed by atoms with Crippen molar-refractivity contribution in [2.45, 2.75) is 25.7 Å². The molecule has 1 aromatic carbocycles. The van der Waals surface area contributed by atoms with Crippen LogP contribution < -0.4 is 0 Å². The van der Waals surface area contributed by atoms with Crippen LogP contribution >= 0.6 is 15.9 Å². The summed E-state index contributed by atoms with van der Waals surface area (Å²) in [5.41, 5.74) is 1.09. The molecule has 0 radical (unpaired) electrons. The van der Waals surface area contributed by atoms with E-state index >= 15 is 0 Å². The summed E-state index contributed by atoms with van der Waals surface area (Å²) in [5, 5.41) is 17.2. The lowest BCUT2D eigenvalue weighted by atomic mass is 10.1. The van der Waals surface area contributed by atoms with Gasteiger partial charge in [0.1, 0.15) is 0 Å². The van der Waals surface area contributed by atoms with E-state index < -0.39 is 0 Å². The van der Waals surface area contributed by atoms with Gasteiger partial charge in [0, 0.05) is 24.0 Å². The van der Waals surface area contributed by atoms with E-state index in [0.717, 1.165) is 10.0 Å². The molecule has 0 saturated heterocycles. The van der Waals surface area contributed by atoms with Gasteiger partial charge in [-0.25, -0.2) is 0 Å². The molecule has 0 aliphatic heterocycles. The summed E-state index contributed by atoms with van der Waals surface area (Å²) in [7, 11) is 0. The second-order valence-corrected chi connectivity index (χ2v) is 5.24. The third-order valence-corrected chi connectivity index (χ3v) is 3.35. The van der Waals surface area contributed by atoms with Gasteiger partial charge in [-0.2, -0.15) is 10.5 Å². The smallest absolute Gasteiger partial charge is 0.222 e. The number of carbonyl (C=O) groups excluding carboxylic acids is 1. The zero-order valence-electron chi connectivity index (χ0n) is 11.2. The fraction of sp³-hybridized carbons (Fsp3) is 0.400. The molecule has 0 aliphatic rings. The summed E-state index contributed by atoms with van der Waals surface area (Å²) < 4.78 is 0.994. The van der Waals surface area contributed by atoms with Gasteiger partial charge in [-0.3, -0.25) is 4.79 Å². The molecule has 0 atom stereocenters. The third-order valence-electron chi connectivity index (χ3n) is 2.86. The van der Waals surface area contributed by atoms with Crippen molar-refractivity contribution < 1.29 is 4.79 Å². The maximum atomic E-state index is 12.1. The highest BCUT2D eigenvalue weighted by atomic mass is 79.9. The summed E-state index contributed by atoms with van der Waals surface area (Å²) in [4.78, 5) is 13.7. The van der Waals surface area contributed by atoms with Crippen molar-refractivity contribution >= 4 is 21.8 Å². The first-order valence-electron chi connectivity index (χ1n) is 6.43. The molecule has 0 spiro atoms. The van der Waals surface area contributed by atoms with Crippen LogP contribution in [0.5, 0.6) is 0 Å². The zero-order valence-corrected chi connectivity index (χ0v) is 12.8. The normalized spacial score (nSPS) is 9.55. The molecular weight excluding hydrogens is 318 g/mol. The number of rotatable bonds is 7. The van der Waals surface area contributed by atoms with Gasteiger partial charge in [-0.05, 0) is 24.1 Å². The molecule has 4 nitrogen and oxygen atoms in total. The summed E-state index contributed by atoms with van der Waals surface area (Å²) in [6.07, 6.45) is 1.66. The number of halogens is 1. The van der Waals surface area contributed by atoms with E-state index in [-0.39, 0.29) is 5.91 Å². The first-order chi connectivity index (χ1) is 9.67. The van der Waals surface area contributed by atoms with Gasteiger partial charge in [0.2, 0.25) is 5.91 Å². The van der Waals surface area contributed by atoms with E-state index in [9.17, 15) is 4.79 Å². The van der Waals surface area contributed by atoms with Gasteiger partial charge in [-0.1, -0.05) is 28.1 Å². The van der Waals surface area contributed by atoms with E-state index in [1.54, 1.807) is 4.90 Å². The number of nitriles is 2. The number of hydrogen-bond acceptors (Lipinski definition) is 3. The number of hydrogen-bond donors (Lipinski definition) is 0. The molecule has 0 N–H and O–H groups in total. The third kappa shape index (κ3) is 5.86. The minimum absolute atomic E-state index is 0.00419. The molecule has 104 valence electrons. The highest BCUT2D eigenvalue weighted by molar-refractivity contribution is 9.10. The average molecular weight is 334 g/mol. The Morgan fingerprint density at radius 2 is 1.85 bits per heavy atom. The number of amides is 1. The minimum atomic E-state index is -0.00419. The van der Waals surface area contributed by atoms with Crippen LogP contribution in [0.4, 0.5) is 0 Å². The molecule has 0 fully saturated rings. The molecule has 0 aromatic heterocycles. The van der Waals surface area contributed by atoms with Crippen molar-refractivity contribution in [3.8, 4) is 12.1 Å². The van der Waals surface area contributed by atoms with Gasteiger partial charge in [-0.15, -0.1) is 0 Å². The molecule has 0 heterocycles. The summed E-state index contributed by atoms with van der Waals surface area (Å²) in [6.45, 7) is 0.797. The van der Waals surface area contributed by atoms with Crippen LogP contribution in [0.1, 0.15) is 24.8 Å². The largest absolute Gasteiger partial charge is 0.341 e. The Bertz CT molecular complexity index is 513. The molecule has 5 heteroatoms. The van der Waals surface area contributed by atoms with E-state index in [0.29, 0.717) is 38.8 Å². The summed E-state index contributed by atoms with van der Waals surface area (Å²) in [5.74, 6) is -0.00419. The van der Waals surface area contributed by atoms with Gasteiger partial charge in [0.05, 0.1) is 25.0 Å². The Balaban J connectivity index is 2.53. The second kappa shape index (κ2) is 9.12. The van der Waals surface area contributed by atoms with Crippen LogP contribution in [0.15, 0.2) is 28.7 Å². The molecule has 1 amide bonds. The van der Waals surface area contributed by atoms with Gasteiger partial charge < -0.3 is 4.90 Å². The fourth-order valence-corrected chi connectivity index (χ4v) is 2.28. The second-order valence-electron chi connectivity index (χ2n) is 4.33. The fourth-order valence-electron chi connectivity index (χ4n) is 1.83. The molecule has 1 aromatic rings. The van der Waals surface area contributed by atoms with E-state index in [4.69, 9.17) is 10.5 Å². The van der Waals surface area contributed by atoms with E-state index in [2.05, 4.69) is 15.9 Å². The van der Waals surface area contributed by atoms with Crippen LogP contribution in [0.2, 0.25) is 0 Å².